The molecule has 0 saturated heterocycles. The van der Waals surface area contributed by atoms with Gasteiger partial charge in [-0.2, -0.15) is 0 Å². The Morgan fingerprint density at radius 1 is 1.09 bits per heavy atom. The molecule has 1 unspecified atom stereocenters. The lowest BCUT2D eigenvalue weighted by Crippen LogP contribution is -2.43. The van der Waals surface area contributed by atoms with Crippen LogP contribution in [0.4, 0.5) is 0 Å². The maximum absolute atomic E-state index is 11.7. The summed E-state index contributed by atoms with van der Waals surface area (Å²) in [6.07, 6.45) is 0. The molecule has 0 aliphatic heterocycles. The number of amides is 1. The highest BCUT2D eigenvalue weighted by atomic mass is 35.5. The molecule has 4 nitrogen and oxygen atoms in total. The number of benzene rings is 2. The zero-order valence-electron chi connectivity index (χ0n) is 12.5. The van der Waals surface area contributed by atoms with E-state index in [-0.39, 0.29) is 24.9 Å². The highest BCUT2D eigenvalue weighted by molar-refractivity contribution is 5.85. The first-order valence-electron chi connectivity index (χ1n) is 6.87. The molecule has 0 heterocycles. The third kappa shape index (κ3) is 5.15. The van der Waals surface area contributed by atoms with Gasteiger partial charge in [0.15, 0.2) is 0 Å². The smallest absolute Gasteiger partial charge is 0.239 e. The lowest BCUT2D eigenvalue weighted by atomic mass is 10.0. The van der Waals surface area contributed by atoms with E-state index < -0.39 is 6.04 Å². The maximum Gasteiger partial charge on any atom is 0.239 e. The third-order valence-corrected chi connectivity index (χ3v) is 3.21. The van der Waals surface area contributed by atoms with Crippen molar-refractivity contribution < 1.29 is 9.53 Å². The summed E-state index contributed by atoms with van der Waals surface area (Å²) < 4.78 is 4.86. The predicted octanol–water partition coefficient (Wildman–Crippen LogP) is 2.37. The lowest BCUT2D eigenvalue weighted by molar-refractivity contribution is -0.123. The Bertz CT molecular complexity index is 573. The van der Waals surface area contributed by atoms with Crippen LogP contribution in [-0.2, 0) is 16.1 Å². The van der Waals surface area contributed by atoms with Gasteiger partial charge >= 0.3 is 0 Å². The minimum Gasteiger partial charge on any atom is -0.383 e. The SMILES string of the molecule is COCC(N)C(=O)NCc1ccc(-c2ccccc2)cc1.Cl. The van der Waals surface area contributed by atoms with Gasteiger partial charge in [-0.05, 0) is 16.7 Å². The van der Waals surface area contributed by atoms with Crippen LogP contribution in [0.3, 0.4) is 0 Å². The van der Waals surface area contributed by atoms with Crippen molar-refractivity contribution in [2.45, 2.75) is 12.6 Å². The number of carbonyl (C=O) groups excluding carboxylic acids is 1. The van der Waals surface area contributed by atoms with Gasteiger partial charge in [-0.15, -0.1) is 12.4 Å². The normalized spacial score (nSPS) is 11.4. The van der Waals surface area contributed by atoms with Crippen molar-refractivity contribution in [2.75, 3.05) is 13.7 Å². The molecule has 1 amide bonds. The van der Waals surface area contributed by atoms with Crippen LogP contribution in [0.1, 0.15) is 5.56 Å². The van der Waals surface area contributed by atoms with Crippen LogP contribution in [0.2, 0.25) is 0 Å². The van der Waals surface area contributed by atoms with Gasteiger partial charge in [0.1, 0.15) is 6.04 Å². The number of halogens is 1. The van der Waals surface area contributed by atoms with Gasteiger partial charge in [-0.25, -0.2) is 0 Å². The number of carbonyl (C=O) groups is 1. The van der Waals surface area contributed by atoms with Crippen LogP contribution in [-0.4, -0.2) is 25.7 Å². The Hall–Kier alpha value is -1.88. The van der Waals surface area contributed by atoms with Crippen LogP contribution < -0.4 is 11.1 Å². The Labute approximate surface area is 137 Å². The summed E-state index contributed by atoms with van der Waals surface area (Å²) in [6, 6.07) is 17.6. The maximum atomic E-state index is 11.7. The largest absolute Gasteiger partial charge is 0.383 e. The number of ether oxygens (including phenoxy) is 1. The van der Waals surface area contributed by atoms with E-state index >= 15 is 0 Å². The lowest BCUT2D eigenvalue weighted by Gasteiger charge is -2.11. The van der Waals surface area contributed by atoms with E-state index in [1.807, 2.05) is 42.5 Å². The van der Waals surface area contributed by atoms with E-state index in [0.29, 0.717) is 6.54 Å². The molecular weight excluding hydrogens is 300 g/mol. The van der Waals surface area contributed by atoms with Crippen molar-refractivity contribution in [3.63, 3.8) is 0 Å². The molecule has 1 atom stereocenters. The average molecular weight is 321 g/mol. The van der Waals surface area contributed by atoms with E-state index in [2.05, 4.69) is 17.4 Å². The first kappa shape index (κ1) is 18.2. The topological polar surface area (TPSA) is 64.3 Å². The fraction of sp³-hybridized carbons (Fsp3) is 0.235. The molecule has 0 aromatic heterocycles. The van der Waals surface area contributed by atoms with Gasteiger partial charge < -0.3 is 15.8 Å². The van der Waals surface area contributed by atoms with Crippen LogP contribution in [0.5, 0.6) is 0 Å². The Morgan fingerprint density at radius 2 is 1.68 bits per heavy atom. The van der Waals surface area contributed by atoms with Gasteiger partial charge in [0.2, 0.25) is 5.91 Å². The van der Waals surface area contributed by atoms with Crippen molar-refractivity contribution in [3.05, 3.63) is 60.2 Å². The number of methoxy groups -OCH3 is 1. The Morgan fingerprint density at radius 3 is 2.27 bits per heavy atom. The molecular formula is C17H21ClN2O2. The van der Waals surface area contributed by atoms with Crippen molar-refractivity contribution in [1.29, 1.82) is 0 Å². The summed E-state index contributed by atoms with van der Waals surface area (Å²) >= 11 is 0. The second-order valence-corrected chi connectivity index (χ2v) is 4.84. The first-order valence-corrected chi connectivity index (χ1v) is 6.87. The molecule has 5 heteroatoms. The molecule has 118 valence electrons. The number of hydrogen-bond donors (Lipinski definition) is 2. The highest BCUT2D eigenvalue weighted by Gasteiger charge is 2.12. The summed E-state index contributed by atoms with van der Waals surface area (Å²) in [6.45, 7) is 0.685. The molecule has 0 fully saturated rings. The monoisotopic (exact) mass is 320 g/mol. The molecule has 0 saturated carbocycles. The van der Waals surface area contributed by atoms with E-state index in [9.17, 15) is 4.79 Å². The summed E-state index contributed by atoms with van der Waals surface area (Å²) in [5, 5.41) is 2.80. The fourth-order valence-electron chi connectivity index (χ4n) is 2.02. The van der Waals surface area contributed by atoms with Gasteiger partial charge in [-0.1, -0.05) is 54.6 Å². The number of nitrogens with two attached hydrogens (primary N) is 1. The molecule has 3 N–H and O–H groups in total. The summed E-state index contributed by atoms with van der Waals surface area (Å²) in [4.78, 5) is 11.7. The molecule has 0 aliphatic carbocycles. The number of hydrogen-bond acceptors (Lipinski definition) is 3. The van der Waals surface area contributed by atoms with Gasteiger partial charge in [0.25, 0.3) is 0 Å². The fourth-order valence-corrected chi connectivity index (χ4v) is 2.02. The van der Waals surface area contributed by atoms with Crippen molar-refractivity contribution >= 4 is 18.3 Å². The first-order chi connectivity index (χ1) is 10.2. The molecule has 22 heavy (non-hydrogen) atoms. The second-order valence-electron chi connectivity index (χ2n) is 4.84. The van der Waals surface area contributed by atoms with E-state index in [1.54, 1.807) is 0 Å². The van der Waals surface area contributed by atoms with Crippen LogP contribution in [0, 0.1) is 0 Å². The zero-order valence-corrected chi connectivity index (χ0v) is 13.3. The molecule has 0 radical (unpaired) electrons. The average Bonchev–Trinajstić information content (AvgIpc) is 2.54. The second kappa shape index (κ2) is 9.20. The van der Waals surface area contributed by atoms with Crippen LogP contribution in [0.25, 0.3) is 11.1 Å². The molecule has 2 rings (SSSR count). The minimum absolute atomic E-state index is 0. The summed E-state index contributed by atoms with van der Waals surface area (Å²) in [5.41, 5.74) is 9.02. The molecule has 2 aromatic rings. The Kier molecular flexibility index (Phi) is 7.60. The van der Waals surface area contributed by atoms with Gasteiger partial charge in [-0.3, -0.25) is 4.79 Å². The standard InChI is InChI=1S/C17H20N2O2.ClH/c1-21-12-16(18)17(20)19-11-13-7-9-15(10-8-13)14-5-3-2-4-6-14;/h2-10,16H,11-12,18H2,1H3,(H,19,20);1H. The van der Waals surface area contributed by atoms with Crippen molar-refractivity contribution in [3.8, 4) is 11.1 Å². The zero-order chi connectivity index (χ0) is 15.1. The van der Waals surface area contributed by atoms with Crippen LogP contribution in [0.15, 0.2) is 54.6 Å². The predicted molar refractivity (Wildman–Crippen MR) is 90.8 cm³/mol. The van der Waals surface area contributed by atoms with E-state index in [1.165, 1.54) is 12.7 Å². The van der Waals surface area contributed by atoms with E-state index in [4.69, 9.17) is 10.5 Å². The number of nitrogens with one attached hydrogen (secondary N) is 1. The molecule has 0 aliphatic rings. The molecule has 0 spiro atoms. The highest BCUT2D eigenvalue weighted by Crippen LogP contribution is 2.19. The molecule has 2 aromatic carbocycles. The Balaban J connectivity index is 0.00000242. The van der Waals surface area contributed by atoms with Crippen molar-refractivity contribution in [2.24, 2.45) is 5.73 Å². The summed E-state index contributed by atoms with van der Waals surface area (Å²) in [7, 11) is 1.52. The van der Waals surface area contributed by atoms with Crippen LogP contribution >= 0.6 is 12.4 Å². The summed E-state index contributed by atoms with van der Waals surface area (Å²) in [5.74, 6) is -0.205. The minimum atomic E-state index is -0.626. The van der Waals surface area contributed by atoms with Crippen molar-refractivity contribution in [1.82, 2.24) is 5.32 Å². The quantitative estimate of drug-likeness (QED) is 0.859. The molecule has 0 bridgehead atoms. The van der Waals surface area contributed by atoms with Gasteiger partial charge in [0, 0.05) is 13.7 Å². The number of rotatable bonds is 6. The van der Waals surface area contributed by atoms with E-state index in [0.717, 1.165) is 11.1 Å². The van der Waals surface area contributed by atoms with Gasteiger partial charge in [0.05, 0.1) is 6.61 Å². The third-order valence-electron chi connectivity index (χ3n) is 3.21.